The maximum atomic E-state index is 4.23. The molecule has 1 nitrogen and oxygen atoms in total. The SMILES string of the molecule is Cc1cccc2[nH]c(S)cc12. The molecule has 0 amide bonds. The Morgan fingerprint density at radius 3 is 2.91 bits per heavy atom. The molecule has 0 fully saturated rings. The van der Waals surface area contributed by atoms with E-state index >= 15 is 0 Å². The van der Waals surface area contributed by atoms with Crippen LogP contribution < -0.4 is 0 Å². The Labute approximate surface area is 70.8 Å². The molecule has 2 aromatic rings. The number of fused-ring (bicyclic) bond motifs is 1. The molecular formula is C9H9NS. The number of H-pyrrole nitrogens is 1. The van der Waals surface area contributed by atoms with Crippen LogP contribution in [0, 0.1) is 6.92 Å². The molecule has 0 saturated carbocycles. The lowest BCUT2D eigenvalue weighted by Crippen LogP contribution is -1.71. The lowest BCUT2D eigenvalue weighted by Gasteiger charge is -1.92. The summed E-state index contributed by atoms with van der Waals surface area (Å²) < 4.78 is 0. The molecule has 56 valence electrons. The van der Waals surface area contributed by atoms with Crippen LogP contribution in [-0.4, -0.2) is 4.98 Å². The first-order chi connectivity index (χ1) is 5.27. The summed E-state index contributed by atoms with van der Waals surface area (Å²) in [4.78, 5) is 3.16. The number of thiol groups is 1. The highest BCUT2D eigenvalue weighted by Crippen LogP contribution is 2.20. The summed E-state index contributed by atoms with van der Waals surface area (Å²) in [6, 6.07) is 8.25. The van der Waals surface area contributed by atoms with E-state index in [0.717, 1.165) is 10.5 Å². The van der Waals surface area contributed by atoms with Gasteiger partial charge in [0.25, 0.3) is 0 Å². The summed E-state index contributed by atoms with van der Waals surface area (Å²) in [7, 11) is 0. The Kier molecular flexibility index (Phi) is 1.43. The van der Waals surface area contributed by atoms with Gasteiger partial charge in [-0.15, -0.1) is 12.6 Å². The van der Waals surface area contributed by atoms with Crippen molar-refractivity contribution in [2.75, 3.05) is 0 Å². The largest absolute Gasteiger partial charge is 0.350 e. The minimum absolute atomic E-state index is 0.925. The molecule has 2 rings (SSSR count). The number of aromatic nitrogens is 1. The molecule has 0 spiro atoms. The normalized spacial score (nSPS) is 10.7. The van der Waals surface area contributed by atoms with Gasteiger partial charge < -0.3 is 4.98 Å². The fourth-order valence-electron chi connectivity index (χ4n) is 1.29. The predicted molar refractivity (Wildman–Crippen MR) is 50.3 cm³/mol. The first kappa shape index (κ1) is 6.80. The molecular weight excluding hydrogens is 154 g/mol. The van der Waals surface area contributed by atoms with Crippen LogP contribution in [0.5, 0.6) is 0 Å². The van der Waals surface area contributed by atoms with Gasteiger partial charge >= 0.3 is 0 Å². The topological polar surface area (TPSA) is 15.8 Å². The van der Waals surface area contributed by atoms with E-state index in [9.17, 15) is 0 Å². The molecule has 0 saturated heterocycles. The van der Waals surface area contributed by atoms with Crippen LogP contribution in [0.1, 0.15) is 5.56 Å². The Balaban J connectivity index is 2.90. The van der Waals surface area contributed by atoms with E-state index in [1.165, 1.54) is 10.9 Å². The second-order valence-electron chi connectivity index (χ2n) is 2.69. The third-order valence-corrected chi connectivity index (χ3v) is 2.11. The minimum atomic E-state index is 0.925. The molecule has 1 N–H and O–H groups in total. The quantitative estimate of drug-likeness (QED) is 0.555. The molecule has 2 heteroatoms. The summed E-state index contributed by atoms with van der Waals surface area (Å²) in [6.07, 6.45) is 0. The highest BCUT2D eigenvalue weighted by Gasteiger charge is 1.98. The van der Waals surface area contributed by atoms with Crippen molar-refractivity contribution in [2.45, 2.75) is 11.9 Å². The van der Waals surface area contributed by atoms with Crippen LogP contribution in [0.4, 0.5) is 0 Å². The van der Waals surface area contributed by atoms with Gasteiger partial charge in [-0.2, -0.15) is 0 Å². The minimum Gasteiger partial charge on any atom is -0.350 e. The number of aromatic amines is 1. The summed E-state index contributed by atoms with van der Waals surface area (Å²) >= 11 is 4.23. The Hall–Kier alpha value is -0.890. The Bertz CT molecular complexity index is 389. The van der Waals surface area contributed by atoms with E-state index in [1.54, 1.807) is 0 Å². The second kappa shape index (κ2) is 2.31. The number of hydrogen-bond donors (Lipinski definition) is 2. The number of nitrogens with one attached hydrogen (secondary N) is 1. The van der Waals surface area contributed by atoms with E-state index in [0.29, 0.717) is 0 Å². The zero-order chi connectivity index (χ0) is 7.84. The monoisotopic (exact) mass is 163 g/mol. The number of benzene rings is 1. The maximum Gasteiger partial charge on any atom is 0.0701 e. The van der Waals surface area contributed by atoms with Crippen molar-refractivity contribution in [3.05, 3.63) is 29.8 Å². The van der Waals surface area contributed by atoms with E-state index < -0.39 is 0 Å². The highest BCUT2D eigenvalue weighted by molar-refractivity contribution is 7.80. The predicted octanol–water partition coefficient (Wildman–Crippen LogP) is 2.77. The van der Waals surface area contributed by atoms with Gasteiger partial charge in [0.1, 0.15) is 0 Å². The van der Waals surface area contributed by atoms with E-state index in [1.807, 2.05) is 12.1 Å². The second-order valence-corrected chi connectivity index (χ2v) is 3.17. The summed E-state index contributed by atoms with van der Waals surface area (Å²) in [5.74, 6) is 0. The van der Waals surface area contributed by atoms with E-state index in [-0.39, 0.29) is 0 Å². The molecule has 1 heterocycles. The maximum absolute atomic E-state index is 4.23. The smallest absolute Gasteiger partial charge is 0.0701 e. The lowest BCUT2D eigenvalue weighted by atomic mass is 10.1. The zero-order valence-electron chi connectivity index (χ0n) is 6.26. The molecule has 1 aromatic carbocycles. The third kappa shape index (κ3) is 1.03. The van der Waals surface area contributed by atoms with Gasteiger partial charge in [-0.1, -0.05) is 12.1 Å². The average Bonchev–Trinajstić information content (AvgIpc) is 2.31. The van der Waals surface area contributed by atoms with Crippen molar-refractivity contribution in [2.24, 2.45) is 0 Å². The van der Waals surface area contributed by atoms with Gasteiger partial charge in [0.2, 0.25) is 0 Å². The van der Waals surface area contributed by atoms with Crippen molar-refractivity contribution in [3.63, 3.8) is 0 Å². The van der Waals surface area contributed by atoms with Crippen LogP contribution in [0.3, 0.4) is 0 Å². The molecule has 1 aromatic heterocycles. The standard InChI is InChI=1S/C9H9NS/c1-6-3-2-4-8-7(6)5-9(11)10-8/h2-5,10-11H,1H3. The molecule has 0 bridgehead atoms. The molecule has 0 aliphatic rings. The zero-order valence-corrected chi connectivity index (χ0v) is 7.15. The van der Waals surface area contributed by atoms with Crippen molar-refractivity contribution >= 4 is 23.5 Å². The Morgan fingerprint density at radius 1 is 1.36 bits per heavy atom. The number of hydrogen-bond acceptors (Lipinski definition) is 1. The fraction of sp³-hybridized carbons (Fsp3) is 0.111. The van der Waals surface area contributed by atoms with Crippen LogP contribution in [0.25, 0.3) is 10.9 Å². The summed E-state index contributed by atoms with van der Waals surface area (Å²) in [5.41, 5.74) is 2.45. The first-order valence-corrected chi connectivity index (χ1v) is 3.99. The van der Waals surface area contributed by atoms with E-state index in [2.05, 4.69) is 36.7 Å². The van der Waals surface area contributed by atoms with Gasteiger partial charge in [0, 0.05) is 10.9 Å². The molecule has 0 atom stereocenters. The summed E-state index contributed by atoms with van der Waals surface area (Å²) in [6.45, 7) is 2.10. The molecule has 0 aliphatic carbocycles. The van der Waals surface area contributed by atoms with Crippen LogP contribution in [-0.2, 0) is 0 Å². The van der Waals surface area contributed by atoms with Gasteiger partial charge in [0.05, 0.1) is 5.03 Å². The van der Waals surface area contributed by atoms with Gasteiger partial charge in [-0.05, 0) is 24.6 Å². The first-order valence-electron chi connectivity index (χ1n) is 3.54. The van der Waals surface area contributed by atoms with Gasteiger partial charge in [-0.3, -0.25) is 0 Å². The molecule has 0 aliphatic heterocycles. The third-order valence-electron chi connectivity index (χ3n) is 1.87. The van der Waals surface area contributed by atoms with Gasteiger partial charge in [0.15, 0.2) is 0 Å². The van der Waals surface area contributed by atoms with Gasteiger partial charge in [-0.25, -0.2) is 0 Å². The van der Waals surface area contributed by atoms with Crippen LogP contribution >= 0.6 is 12.6 Å². The number of aryl methyl sites for hydroxylation is 1. The number of rotatable bonds is 0. The van der Waals surface area contributed by atoms with Crippen molar-refractivity contribution in [3.8, 4) is 0 Å². The molecule has 0 radical (unpaired) electrons. The van der Waals surface area contributed by atoms with E-state index in [4.69, 9.17) is 0 Å². The fourth-order valence-corrected chi connectivity index (χ4v) is 1.54. The van der Waals surface area contributed by atoms with Crippen LogP contribution in [0.2, 0.25) is 0 Å². The molecule has 0 unspecified atom stereocenters. The van der Waals surface area contributed by atoms with Crippen LogP contribution in [0.15, 0.2) is 29.3 Å². The average molecular weight is 163 g/mol. The van der Waals surface area contributed by atoms with Crippen molar-refractivity contribution < 1.29 is 0 Å². The summed E-state index contributed by atoms with van der Waals surface area (Å²) in [5, 5.41) is 2.19. The Morgan fingerprint density at radius 2 is 2.18 bits per heavy atom. The lowest BCUT2D eigenvalue weighted by molar-refractivity contribution is 1.25. The molecule has 11 heavy (non-hydrogen) atoms. The highest BCUT2D eigenvalue weighted by atomic mass is 32.1. The van der Waals surface area contributed by atoms with Crippen molar-refractivity contribution in [1.82, 2.24) is 4.98 Å². The van der Waals surface area contributed by atoms with Crippen molar-refractivity contribution in [1.29, 1.82) is 0 Å².